The first-order chi connectivity index (χ1) is 11.6. The van der Waals surface area contributed by atoms with E-state index in [1.165, 1.54) is 0 Å². The Hall–Kier alpha value is -2.82. The normalized spacial score (nSPS) is 12.1. The summed E-state index contributed by atoms with van der Waals surface area (Å²) in [6.45, 7) is 4.63. The Morgan fingerprint density at radius 1 is 1.21 bits per heavy atom. The van der Waals surface area contributed by atoms with E-state index in [9.17, 15) is 4.79 Å². The van der Waals surface area contributed by atoms with E-state index >= 15 is 0 Å². The standard InChI is InChI=1S/C19H22N4O/c1-14-8-7-11-18-21-17(13-23(14)18)19(24)20-12-15(2)22(3)16-9-5-4-6-10-16/h4-11,13,15H,12H2,1-3H3,(H,20,24). The van der Waals surface area contributed by atoms with Crippen LogP contribution in [0.15, 0.2) is 54.7 Å². The molecule has 5 nitrogen and oxygen atoms in total. The summed E-state index contributed by atoms with van der Waals surface area (Å²) < 4.78 is 1.93. The number of carbonyl (C=O) groups excluding carboxylic acids is 1. The number of para-hydroxylation sites is 1. The number of rotatable bonds is 5. The van der Waals surface area contributed by atoms with Crippen LogP contribution >= 0.6 is 0 Å². The lowest BCUT2D eigenvalue weighted by Crippen LogP contribution is -2.40. The zero-order valence-corrected chi connectivity index (χ0v) is 14.2. The van der Waals surface area contributed by atoms with Crippen molar-refractivity contribution >= 4 is 17.2 Å². The highest BCUT2D eigenvalue weighted by Crippen LogP contribution is 2.14. The molecule has 0 bridgehead atoms. The fourth-order valence-corrected chi connectivity index (χ4v) is 2.64. The highest BCUT2D eigenvalue weighted by molar-refractivity contribution is 5.92. The molecule has 3 aromatic rings. The third-order valence-electron chi connectivity index (χ3n) is 4.31. The molecular weight excluding hydrogens is 300 g/mol. The molecule has 2 heterocycles. The number of likely N-dealkylation sites (N-methyl/N-ethyl adjacent to an activating group) is 1. The van der Waals surface area contributed by atoms with Crippen LogP contribution in [0.3, 0.4) is 0 Å². The van der Waals surface area contributed by atoms with Crippen LogP contribution in [0.2, 0.25) is 0 Å². The Balaban J connectivity index is 1.65. The van der Waals surface area contributed by atoms with Crippen LogP contribution in [0.4, 0.5) is 5.69 Å². The molecule has 0 radical (unpaired) electrons. The Labute approximate surface area is 141 Å². The van der Waals surface area contributed by atoms with Gasteiger partial charge < -0.3 is 14.6 Å². The Bertz CT molecular complexity index is 841. The Morgan fingerprint density at radius 3 is 2.67 bits per heavy atom. The number of imidazole rings is 1. The molecule has 0 aliphatic heterocycles. The zero-order valence-electron chi connectivity index (χ0n) is 14.2. The van der Waals surface area contributed by atoms with E-state index in [1.54, 1.807) is 6.20 Å². The van der Waals surface area contributed by atoms with E-state index in [4.69, 9.17) is 0 Å². The van der Waals surface area contributed by atoms with Gasteiger partial charge in [-0.25, -0.2) is 4.98 Å². The first-order valence-electron chi connectivity index (χ1n) is 8.07. The van der Waals surface area contributed by atoms with Crippen molar-refractivity contribution < 1.29 is 4.79 Å². The van der Waals surface area contributed by atoms with Gasteiger partial charge >= 0.3 is 0 Å². The number of nitrogens with zero attached hydrogens (tertiary/aromatic N) is 3. The van der Waals surface area contributed by atoms with E-state index in [0.29, 0.717) is 12.2 Å². The fraction of sp³-hybridized carbons (Fsp3) is 0.263. The van der Waals surface area contributed by atoms with Crippen molar-refractivity contribution in [3.05, 3.63) is 66.1 Å². The number of carbonyl (C=O) groups is 1. The third-order valence-corrected chi connectivity index (χ3v) is 4.31. The van der Waals surface area contributed by atoms with Crippen molar-refractivity contribution in [2.45, 2.75) is 19.9 Å². The zero-order chi connectivity index (χ0) is 17.1. The quantitative estimate of drug-likeness (QED) is 0.786. The second-order valence-electron chi connectivity index (χ2n) is 6.03. The van der Waals surface area contributed by atoms with Crippen LogP contribution in [0, 0.1) is 6.92 Å². The largest absolute Gasteiger partial charge is 0.370 e. The van der Waals surface area contributed by atoms with Crippen molar-refractivity contribution in [2.75, 3.05) is 18.5 Å². The maximum atomic E-state index is 12.4. The number of benzene rings is 1. The van der Waals surface area contributed by atoms with Gasteiger partial charge in [-0.3, -0.25) is 4.79 Å². The van der Waals surface area contributed by atoms with E-state index < -0.39 is 0 Å². The number of hydrogen-bond donors (Lipinski definition) is 1. The first kappa shape index (κ1) is 16.1. The summed E-state index contributed by atoms with van der Waals surface area (Å²) in [5.74, 6) is -0.147. The third kappa shape index (κ3) is 3.25. The summed E-state index contributed by atoms with van der Waals surface area (Å²) in [4.78, 5) is 18.9. The maximum Gasteiger partial charge on any atom is 0.271 e. The first-order valence-corrected chi connectivity index (χ1v) is 8.07. The van der Waals surface area contributed by atoms with Gasteiger partial charge in [-0.05, 0) is 38.1 Å². The van der Waals surface area contributed by atoms with Crippen LogP contribution in [-0.2, 0) is 0 Å². The molecule has 0 saturated carbocycles. The number of nitrogens with one attached hydrogen (secondary N) is 1. The van der Waals surface area contributed by atoms with Crippen molar-refractivity contribution in [2.24, 2.45) is 0 Å². The summed E-state index contributed by atoms with van der Waals surface area (Å²) in [6.07, 6.45) is 1.78. The van der Waals surface area contributed by atoms with Gasteiger partial charge in [0.2, 0.25) is 0 Å². The number of anilines is 1. The molecule has 1 unspecified atom stereocenters. The number of aryl methyl sites for hydroxylation is 1. The number of hydrogen-bond acceptors (Lipinski definition) is 3. The SMILES string of the molecule is Cc1cccc2nc(C(=O)NCC(C)N(C)c3ccccc3)cn12. The minimum absolute atomic E-state index is 0.147. The lowest BCUT2D eigenvalue weighted by molar-refractivity contribution is 0.0947. The molecule has 0 saturated heterocycles. The van der Waals surface area contributed by atoms with Gasteiger partial charge in [0.15, 0.2) is 0 Å². The van der Waals surface area contributed by atoms with Gasteiger partial charge in [-0.15, -0.1) is 0 Å². The smallest absolute Gasteiger partial charge is 0.271 e. The Morgan fingerprint density at radius 2 is 1.96 bits per heavy atom. The van der Waals surface area contributed by atoms with E-state index in [2.05, 4.69) is 34.3 Å². The predicted molar refractivity (Wildman–Crippen MR) is 96.6 cm³/mol. The van der Waals surface area contributed by atoms with Crippen LogP contribution in [0.5, 0.6) is 0 Å². The fourth-order valence-electron chi connectivity index (χ4n) is 2.64. The van der Waals surface area contributed by atoms with E-state index in [0.717, 1.165) is 17.0 Å². The molecule has 3 rings (SSSR count). The Kier molecular flexibility index (Phi) is 4.51. The maximum absolute atomic E-state index is 12.4. The summed E-state index contributed by atoms with van der Waals surface area (Å²) in [7, 11) is 2.03. The van der Waals surface area contributed by atoms with E-state index in [-0.39, 0.29) is 11.9 Å². The van der Waals surface area contributed by atoms with Crippen LogP contribution < -0.4 is 10.2 Å². The molecule has 1 N–H and O–H groups in total. The van der Waals surface area contributed by atoms with Gasteiger partial charge in [-0.2, -0.15) is 0 Å². The molecule has 0 aliphatic carbocycles. The average Bonchev–Trinajstić information content (AvgIpc) is 3.05. The predicted octanol–water partition coefficient (Wildman–Crippen LogP) is 2.90. The van der Waals surface area contributed by atoms with Crippen molar-refractivity contribution in [3.8, 4) is 0 Å². The van der Waals surface area contributed by atoms with Gasteiger partial charge in [0.05, 0.1) is 0 Å². The van der Waals surface area contributed by atoms with Gasteiger partial charge in [0.1, 0.15) is 11.3 Å². The van der Waals surface area contributed by atoms with Crippen LogP contribution in [0.1, 0.15) is 23.1 Å². The molecule has 0 fully saturated rings. The van der Waals surface area contributed by atoms with Gasteiger partial charge in [0, 0.05) is 37.2 Å². The number of pyridine rings is 1. The molecule has 0 aliphatic rings. The summed E-state index contributed by atoms with van der Waals surface area (Å²) in [5.41, 5.74) is 3.41. The van der Waals surface area contributed by atoms with Gasteiger partial charge in [-0.1, -0.05) is 24.3 Å². The molecule has 24 heavy (non-hydrogen) atoms. The minimum atomic E-state index is -0.147. The van der Waals surface area contributed by atoms with Crippen molar-refractivity contribution in [1.82, 2.24) is 14.7 Å². The molecule has 5 heteroatoms. The molecule has 2 aromatic heterocycles. The van der Waals surface area contributed by atoms with Crippen LogP contribution in [0.25, 0.3) is 5.65 Å². The minimum Gasteiger partial charge on any atom is -0.370 e. The summed E-state index contributed by atoms with van der Waals surface area (Å²) in [5, 5.41) is 2.97. The molecular formula is C19H22N4O. The molecule has 124 valence electrons. The number of aromatic nitrogens is 2. The van der Waals surface area contributed by atoms with Crippen molar-refractivity contribution in [3.63, 3.8) is 0 Å². The summed E-state index contributed by atoms with van der Waals surface area (Å²) >= 11 is 0. The number of amides is 1. The highest BCUT2D eigenvalue weighted by atomic mass is 16.1. The summed E-state index contributed by atoms with van der Waals surface area (Å²) in [6, 6.07) is 16.1. The highest BCUT2D eigenvalue weighted by Gasteiger charge is 2.14. The van der Waals surface area contributed by atoms with Gasteiger partial charge in [0.25, 0.3) is 5.91 Å². The second-order valence-corrected chi connectivity index (χ2v) is 6.03. The topological polar surface area (TPSA) is 49.6 Å². The second kappa shape index (κ2) is 6.74. The van der Waals surface area contributed by atoms with Crippen molar-refractivity contribution in [1.29, 1.82) is 0 Å². The molecule has 1 aromatic carbocycles. The molecule has 1 amide bonds. The molecule has 0 spiro atoms. The monoisotopic (exact) mass is 322 g/mol. The van der Waals surface area contributed by atoms with Crippen LogP contribution in [-0.4, -0.2) is 34.9 Å². The lowest BCUT2D eigenvalue weighted by Gasteiger charge is -2.27. The molecule has 1 atom stereocenters. The lowest BCUT2D eigenvalue weighted by atomic mass is 10.2. The average molecular weight is 322 g/mol. The number of fused-ring (bicyclic) bond motifs is 1. The van der Waals surface area contributed by atoms with E-state index in [1.807, 2.05) is 54.8 Å².